The number of rotatable bonds is 5. The molecule has 0 aliphatic carbocycles. The van der Waals surface area contributed by atoms with Gasteiger partial charge in [-0.25, -0.2) is 12.7 Å². The van der Waals surface area contributed by atoms with E-state index in [0.717, 1.165) is 9.87 Å². The Bertz CT molecular complexity index is 896. The number of nitriles is 1. The minimum atomic E-state index is -3.52. The summed E-state index contributed by atoms with van der Waals surface area (Å²) in [5, 5.41) is 11.7. The Morgan fingerprint density at radius 2 is 1.64 bits per heavy atom. The van der Waals surface area contributed by atoms with Crippen LogP contribution in [-0.2, 0) is 10.0 Å². The summed E-state index contributed by atoms with van der Waals surface area (Å²) >= 11 is 0. The number of hydrogen-bond donors (Lipinski definition) is 1. The van der Waals surface area contributed by atoms with Crippen LogP contribution in [0.2, 0.25) is 0 Å². The Kier molecular flexibility index (Phi) is 5.57. The number of sulfonamides is 1. The summed E-state index contributed by atoms with van der Waals surface area (Å²) < 4.78 is 25.2. The zero-order valence-electron chi connectivity index (χ0n) is 14.2. The van der Waals surface area contributed by atoms with Crippen molar-refractivity contribution in [1.29, 1.82) is 5.26 Å². The Morgan fingerprint density at radius 1 is 1.08 bits per heavy atom. The number of nitrogens with zero attached hydrogens (tertiary/aromatic N) is 2. The van der Waals surface area contributed by atoms with E-state index in [4.69, 9.17) is 5.26 Å². The predicted octanol–water partition coefficient (Wildman–Crippen LogP) is 2.30. The van der Waals surface area contributed by atoms with E-state index in [-0.39, 0.29) is 16.8 Å². The van der Waals surface area contributed by atoms with Crippen molar-refractivity contribution < 1.29 is 13.2 Å². The largest absolute Gasteiger partial charge is 0.346 e. The quantitative estimate of drug-likeness (QED) is 0.889. The standard InChI is InChI=1S/C18H19N3O3S/c1-13(15-6-4-14(12-19)5-7-15)20-18(22)16-8-10-17(11-9-16)25(23,24)21(2)3/h4-11,13H,1-3H3,(H,20,22). The van der Waals surface area contributed by atoms with Gasteiger partial charge in [0.25, 0.3) is 5.91 Å². The lowest BCUT2D eigenvalue weighted by atomic mass is 10.1. The van der Waals surface area contributed by atoms with Crippen molar-refractivity contribution in [3.8, 4) is 6.07 Å². The van der Waals surface area contributed by atoms with Crippen molar-refractivity contribution in [3.63, 3.8) is 0 Å². The molecule has 2 rings (SSSR count). The van der Waals surface area contributed by atoms with Gasteiger partial charge in [-0.2, -0.15) is 5.26 Å². The number of hydrogen-bond acceptors (Lipinski definition) is 4. The van der Waals surface area contributed by atoms with Crippen LogP contribution in [0.3, 0.4) is 0 Å². The maximum Gasteiger partial charge on any atom is 0.251 e. The lowest BCUT2D eigenvalue weighted by Crippen LogP contribution is -2.27. The second-order valence-corrected chi connectivity index (χ2v) is 7.89. The average molecular weight is 357 g/mol. The molecule has 0 aliphatic heterocycles. The third-order valence-electron chi connectivity index (χ3n) is 3.78. The van der Waals surface area contributed by atoms with Gasteiger partial charge in [0, 0.05) is 19.7 Å². The summed E-state index contributed by atoms with van der Waals surface area (Å²) in [6.45, 7) is 1.84. The number of carbonyl (C=O) groups excluding carboxylic acids is 1. The molecule has 0 saturated heterocycles. The molecule has 0 radical (unpaired) electrons. The van der Waals surface area contributed by atoms with E-state index in [2.05, 4.69) is 5.32 Å². The smallest absolute Gasteiger partial charge is 0.251 e. The van der Waals surface area contributed by atoms with Crippen LogP contribution in [0.4, 0.5) is 0 Å². The van der Waals surface area contributed by atoms with Crippen LogP contribution >= 0.6 is 0 Å². The summed E-state index contributed by atoms with van der Waals surface area (Å²) in [5.41, 5.74) is 1.80. The Labute approximate surface area is 147 Å². The minimum absolute atomic E-state index is 0.134. The second kappa shape index (κ2) is 7.47. The fraction of sp³-hybridized carbons (Fsp3) is 0.222. The molecule has 0 spiro atoms. The van der Waals surface area contributed by atoms with E-state index < -0.39 is 10.0 Å². The molecule has 0 fully saturated rings. The summed E-state index contributed by atoms with van der Waals surface area (Å²) in [6.07, 6.45) is 0. The number of benzene rings is 2. The van der Waals surface area contributed by atoms with Crippen LogP contribution in [0.1, 0.15) is 34.5 Å². The molecule has 1 unspecified atom stereocenters. The summed E-state index contributed by atoms with van der Waals surface area (Å²) in [6, 6.07) is 14.6. The molecule has 1 N–H and O–H groups in total. The molecule has 0 aliphatic rings. The average Bonchev–Trinajstić information content (AvgIpc) is 2.61. The van der Waals surface area contributed by atoms with Gasteiger partial charge in [0.2, 0.25) is 10.0 Å². The van der Waals surface area contributed by atoms with Crippen LogP contribution in [0.15, 0.2) is 53.4 Å². The molecule has 2 aromatic rings. The van der Waals surface area contributed by atoms with Crippen molar-refractivity contribution >= 4 is 15.9 Å². The van der Waals surface area contributed by atoms with E-state index in [1.54, 1.807) is 24.3 Å². The van der Waals surface area contributed by atoms with Crippen molar-refractivity contribution in [2.75, 3.05) is 14.1 Å². The first-order valence-electron chi connectivity index (χ1n) is 7.59. The molecule has 0 bridgehead atoms. The third-order valence-corrected chi connectivity index (χ3v) is 5.61. The van der Waals surface area contributed by atoms with Gasteiger partial charge in [0.15, 0.2) is 0 Å². The fourth-order valence-electron chi connectivity index (χ4n) is 2.20. The monoisotopic (exact) mass is 357 g/mol. The zero-order chi connectivity index (χ0) is 18.6. The molecule has 1 amide bonds. The van der Waals surface area contributed by atoms with Gasteiger partial charge in [-0.15, -0.1) is 0 Å². The highest BCUT2D eigenvalue weighted by molar-refractivity contribution is 7.89. The van der Waals surface area contributed by atoms with Crippen LogP contribution in [0.5, 0.6) is 0 Å². The molecule has 2 aromatic carbocycles. The first-order valence-corrected chi connectivity index (χ1v) is 9.03. The molecule has 130 valence electrons. The zero-order valence-corrected chi connectivity index (χ0v) is 15.0. The Hall–Kier alpha value is -2.69. The fourth-order valence-corrected chi connectivity index (χ4v) is 3.10. The lowest BCUT2D eigenvalue weighted by molar-refractivity contribution is 0.0940. The number of amides is 1. The van der Waals surface area contributed by atoms with Gasteiger partial charge in [0.1, 0.15) is 0 Å². The Morgan fingerprint density at radius 3 is 2.12 bits per heavy atom. The van der Waals surface area contributed by atoms with Crippen LogP contribution in [-0.4, -0.2) is 32.7 Å². The van der Waals surface area contributed by atoms with Crippen LogP contribution < -0.4 is 5.32 Å². The number of carbonyl (C=O) groups is 1. The SMILES string of the molecule is CC(NC(=O)c1ccc(S(=O)(=O)N(C)C)cc1)c1ccc(C#N)cc1. The summed E-state index contributed by atoms with van der Waals surface area (Å²) in [5.74, 6) is -0.300. The van der Waals surface area contributed by atoms with Crippen molar-refractivity contribution in [3.05, 3.63) is 65.2 Å². The highest BCUT2D eigenvalue weighted by Gasteiger charge is 2.18. The van der Waals surface area contributed by atoms with Crippen LogP contribution in [0.25, 0.3) is 0 Å². The molecule has 7 heteroatoms. The maximum atomic E-state index is 12.3. The van der Waals surface area contributed by atoms with Gasteiger partial charge < -0.3 is 5.32 Å². The van der Waals surface area contributed by atoms with Crippen molar-refractivity contribution in [1.82, 2.24) is 9.62 Å². The minimum Gasteiger partial charge on any atom is -0.346 e. The van der Waals surface area contributed by atoms with Gasteiger partial charge >= 0.3 is 0 Å². The molecular formula is C18H19N3O3S. The van der Waals surface area contributed by atoms with Crippen molar-refractivity contribution in [2.24, 2.45) is 0 Å². The topological polar surface area (TPSA) is 90.3 Å². The summed E-state index contributed by atoms with van der Waals surface area (Å²) in [7, 11) is -0.610. The third kappa shape index (κ3) is 4.24. The first-order chi connectivity index (χ1) is 11.8. The molecule has 0 saturated carbocycles. The van der Waals surface area contributed by atoms with E-state index >= 15 is 0 Å². The van der Waals surface area contributed by atoms with Gasteiger partial charge in [0.05, 0.1) is 22.6 Å². The Balaban J connectivity index is 2.11. The molecule has 25 heavy (non-hydrogen) atoms. The summed E-state index contributed by atoms with van der Waals surface area (Å²) in [4.78, 5) is 12.5. The first kappa shape index (κ1) is 18.6. The van der Waals surface area contributed by atoms with Gasteiger partial charge in [-0.05, 0) is 48.9 Å². The highest BCUT2D eigenvalue weighted by Crippen LogP contribution is 2.16. The second-order valence-electron chi connectivity index (χ2n) is 5.74. The molecule has 1 atom stereocenters. The van der Waals surface area contributed by atoms with Gasteiger partial charge in [-0.1, -0.05) is 12.1 Å². The lowest BCUT2D eigenvalue weighted by Gasteiger charge is -2.15. The number of nitrogens with one attached hydrogen (secondary N) is 1. The molecular weight excluding hydrogens is 338 g/mol. The van der Waals surface area contributed by atoms with E-state index in [0.29, 0.717) is 11.1 Å². The molecule has 6 nitrogen and oxygen atoms in total. The van der Waals surface area contributed by atoms with E-state index in [1.165, 1.54) is 38.4 Å². The molecule has 0 aromatic heterocycles. The van der Waals surface area contributed by atoms with Crippen LogP contribution in [0, 0.1) is 11.3 Å². The van der Waals surface area contributed by atoms with E-state index in [9.17, 15) is 13.2 Å². The normalized spacial score (nSPS) is 12.4. The van der Waals surface area contributed by atoms with Crippen molar-refractivity contribution in [2.45, 2.75) is 17.9 Å². The maximum absolute atomic E-state index is 12.3. The van der Waals surface area contributed by atoms with Gasteiger partial charge in [-0.3, -0.25) is 4.79 Å². The predicted molar refractivity (Wildman–Crippen MR) is 94.4 cm³/mol. The van der Waals surface area contributed by atoms with E-state index in [1.807, 2.05) is 13.0 Å². The highest BCUT2D eigenvalue weighted by atomic mass is 32.2. The molecule has 0 heterocycles.